The van der Waals surface area contributed by atoms with Crippen molar-refractivity contribution in [1.82, 2.24) is 4.57 Å². The average molecular weight is 1230 g/mol. The average Bonchev–Trinajstić information content (AvgIpc) is 1.57. The van der Waals surface area contributed by atoms with Crippen LogP contribution in [-0.4, -0.2) is 104 Å². The summed E-state index contributed by atoms with van der Waals surface area (Å²) in [5.74, 6) is 0. The number of ether oxygens (including phenoxy) is 4. The zero-order valence-corrected chi connectivity index (χ0v) is 52.4. The molecule has 466 valence electrons. The molecular weight excluding hydrogens is 1150 g/mol. The summed E-state index contributed by atoms with van der Waals surface area (Å²) in [4.78, 5) is 0. The zero-order chi connectivity index (χ0) is 63.1. The van der Waals surface area contributed by atoms with E-state index in [0.29, 0.717) is 78.5 Å². The number of aliphatic hydroxyl groups excluding tert-OH is 4. The molecule has 12 aromatic rings. The minimum absolute atomic E-state index is 0.0131. The van der Waals surface area contributed by atoms with Crippen molar-refractivity contribution in [3.8, 4) is 50.2 Å². The van der Waals surface area contributed by atoms with E-state index >= 15 is 0 Å². The lowest BCUT2D eigenvalue weighted by Crippen LogP contribution is -2.29. The van der Waals surface area contributed by atoms with E-state index in [9.17, 15) is 20.4 Å². The molecule has 4 N–H and O–H groups in total. The van der Waals surface area contributed by atoms with Gasteiger partial charge in [0.25, 0.3) is 0 Å². The molecule has 9 nitrogen and oxygen atoms in total. The Labute approximate surface area is 544 Å². The van der Waals surface area contributed by atoms with Gasteiger partial charge in [-0.3, -0.25) is 0 Å². The Morgan fingerprint density at radius 1 is 0.269 bits per heavy atom. The monoisotopic (exact) mass is 1230 g/mol. The number of nitrogens with zero attached hydrogens (tertiary/aromatic N) is 1. The number of benzene rings is 11. The minimum atomic E-state index is -0.695. The highest BCUT2D eigenvalue weighted by Crippen LogP contribution is 2.59. The maximum atomic E-state index is 9.54. The van der Waals surface area contributed by atoms with Gasteiger partial charge in [-0.15, -0.1) is 0 Å². The van der Waals surface area contributed by atoms with Crippen molar-refractivity contribution in [3.05, 3.63) is 315 Å². The van der Waals surface area contributed by atoms with Crippen molar-refractivity contribution in [2.45, 2.75) is 36.5 Å². The third-order valence-electron chi connectivity index (χ3n) is 19.1. The Balaban J connectivity index is 0.931. The van der Waals surface area contributed by atoms with Gasteiger partial charge in [0.05, 0.1) is 101 Å². The van der Waals surface area contributed by atoms with Gasteiger partial charge in [0.2, 0.25) is 0 Å². The SMILES string of the molecule is OCCOCCc1cccc(C2(c3cccc(CCOCCO)c3)c3ccccc3-c3ccc(-c4ccc5c(c4)c4cc(-c6ccc7c(c6)C(c6cccc(CCOCCO)c6)(c6cccc(CCOCCO)c6)c6ccccc6-7)ccc4n5-c4ccccc4)cc32)c1. The largest absolute Gasteiger partial charge is 0.394 e. The van der Waals surface area contributed by atoms with Crippen LogP contribution in [0.15, 0.2) is 249 Å². The van der Waals surface area contributed by atoms with Crippen LogP contribution >= 0.6 is 0 Å². The summed E-state index contributed by atoms with van der Waals surface area (Å²) >= 11 is 0. The molecule has 0 atom stereocenters. The van der Waals surface area contributed by atoms with Gasteiger partial charge in [-0.1, -0.05) is 200 Å². The molecule has 0 amide bonds. The Bertz CT molecular complexity index is 4240. The summed E-state index contributed by atoms with van der Waals surface area (Å²) in [5.41, 5.74) is 25.4. The van der Waals surface area contributed by atoms with E-state index < -0.39 is 10.8 Å². The number of fused-ring (bicyclic) bond motifs is 9. The smallest absolute Gasteiger partial charge is 0.0713 e. The first kappa shape index (κ1) is 61.4. The van der Waals surface area contributed by atoms with E-state index in [4.69, 9.17) is 18.9 Å². The van der Waals surface area contributed by atoms with Gasteiger partial charge in [-0.2, -0.15) is 0 Å². The number of aromatic nitrogens is 1. The van der Waals surface area contributed by atoms with Crippen molar-refractivity contribution in [2.75, 3.05) is 79.3 Å². The molecule has 0 bridgehead atoms. The maximum Gasteiger partial charge on any atom is 0.0713 e. The van der Waals surface area contributed by atoms with Crippen LogP contribution in [0.1, 0.15) is 66.8 Å². The summed E-state index contributed by atoms with van der Waals surface area (Å²) in [7, 11) is 0. The van der Waals surface area contributed by atoms with Gasteiger partial charge in [0.1, 0.15) is 0 Å². The molecule has 0 unspecified atom stereocenters. The fourth-order valence-corrected chi connectivity index (χ4v) is 15.0. The molecule has 93 heavy (non-hydrogen) atoms. The highest BCUT2D eigenvalue weighted by atomic mass is 16.5. The van der Waals surface area contributed by atoms with Crippen molar-refractivity contribution < 1.29 is 39.4 Å². The summed E-state index contributed by atoms with van der Waals surface area (Å²) in [6.07, 6.45) is 2.83. The second-order valence-corrected chi connectivity index (χ2v) is 24.4. The number of para-hydroxylation sites is 1. The summed E-state index contributed by atoms with van der Waals surface area (Å²) in [5, 5.41) is 40.4. The number of aliphatic hydroxyl groups is 4. The molecule has 1 heterocycles. The van der Waals surface area contributed by atoms with E-state index in [1.807, 2.05) is 0 Å². The Kier molecular flexibility index (Phi) is 18.2. The molecule has 11 aromatic carbocycles. The van der Waals surface area contributed by atoms with Crippen LogP contribution in [0.25, 0.3) is 72.0 Å². The molecule has 2 aliphatic carbocycles. The summed E-state index contributed by atoms with van der Waals surface area (Å²) < 4.78 is 25.7. The molecular formula is C84H77NO8. The van der Waals surface area contributed by atoms with Crippen LogP contribution < -0.4 is 0 Å². The van der Waals surface area contributed by atoms with Crippen molar-refractivity contribution >= 4 is 21.8 Å². The number of hydrogen-bond acceptors (Lipinski definition) is 8. The molecule has 0 spiro atoms. The van der Waals surface area contributed by atoms with Crippen molar-refractivity contribution in [3.63, 3.8) is 0 Å². The lowest BCUT2D eigenvalue weighted by molar-refractivity contribution is 0.0944. The molecule has 2 aliphatic rings. The predicted molar refractivity (Wildman–Crippen MR) is 373 cm³/mol. The summed E-state index contributed by atoms with van der Waals surface area (Å²) in [6.45, 7) is 3.18. The standard InChI is InChI=1S/C84H77NO8/c86-38-46-90-42-34-58-12-8-16-66(50-58)83(67-17-9-13-59(51-67)35-43-91-47-39-87)77-24-6-4-22-71(77)73-30-26-64(56-79(73)83)62-28-32-81-75(54-62)76-55-63(29-33-82(76)85(81)70-20-2-1-3-21-70)65-27-31-74-72-23-5-7-25-78(72)84(80(74)57-65,68-18-10-14-60(52-68)36-44-92-48-40-88)69-19-11-15-61(53-69)37-45-93-49-41-89/h1-33,50-57,86-89H,34-49H2. The van der Waals surface area contributed by atoms with E-state index in [0.717, 1.165) is 72.0 Å². The molecule has 9 heteroatoms. The van der Waals surface area contributed by atoms with Gasteiger partial charge < -0.3 is 43.9 Å². The van der Waals surface area contributed by atoms with Gasteiger partial charge in [-0.25, -0.2) is 0 Å². The van der Waals surface area contributed by atoms with Gasteiger partial charge >= 0.3 is 0 Å². The first-order valence-corrected chi connectivity index (χ1v) is 32.7. The molecule has 0 fully saturated rings. The van der Waals surface area contributed by atoms with Crippen LogP contribution in [0.4, 0.5) is 0 Å². The van der Waals surface area contributed by atoms with E-state index in [-0.39, 0.29) is 26.4 Å². The normalized spacial score (nSPS) is 13.3. The van der Waals surface area contributed by atoms with Gasteiger partial charge in [0, 0.05) is 16.5 Å². The quantitative estimate of drug-likeness (QED) is 0.0376. The Hall–Kier alpha value is -9.10. The van der Waals surface area contributed by atoms with Crippen LogP contribution in [0.3, 0.4) is 0 Å². The fourth-order valence-electron chi connectivity index (χ4n) is 15.0. The molecule has 0 saturated heterocycles. The van der Waals surface area contributed by atoms with Crippen LogP contribution in [-0.2, 0) is 55.5 Å². The topological polar surface area (TPSA) is 123 Å². The second kappa shape index (κ2) is 27.6. The molecule has 0 radical (unpaired) electrons. The lowest BCUT2D eigenvalue weighted by Gasteiger charge is -2.35. The highest BCUT2D eigenvalue weighted by molar-refractivity contribution is 6.12. The maximum absolute atomic E-state index is 9.54. The van der Waals surface area contributed by atoms with Crippen LogP contribution in [0.5, 0.6) is 0 Å². The number of hydrogen-bond donors (Lipinski definition) is 4. The zero-order valence-electron chi connectivity index (χ0n) is 52.4. The van der Waals surface area contributed by atoms with Crippen molar-refractivity contribution in [1.29, 1.82) is 0 Å². The third-order valence-corrected chi connectivity index (χ3v) is 19.1. The first-order valence-electron chi connectivity index (χ1n) is 32.7. The van der Waals surface area contributed by atoms with E-state index in [1.165, 1.54) is 66.8 Å². The van der Waals surface area contributed by atoms with E-state index in [1.54, 1.807) is 0 Å². The first-order chi connectivity index (χ1) is 46.0. The molecule has 0 saturated carbocycles. The number of rotatable bonds is 27. The molecule has 0 aliphatic heterocycles. The summed E-state index contributed by atoms with van der Waals surface area (Å²) in [6, 6.07) is 92.6. The lowest BCUT2D eigenvalue weighted by atomic mass is 9.67. The van der Waals surface area contributed by atoms with Gasteiger partial charge in [-0.05, 0) is 185 Å². The highest BCUT2D eigenvalue weighted by Gasteiger charge is 2.48. The van der Waals surface area contributed by atoms with Crippen LogP contribution in [0.2, 0.25) is 0 Å². The Morgan fingerprint density at radius 3 is 0.957 bits per heavy atom. The fraction of sp³-hybridized carbons (Fsp3) is 0.214. The van der Waals surface area contributed by atoms with Crippen LogP contribution in [0, 0.1) is 0 Å². The van der Waals surface area contributed by atoms with Crippen molar-refractivity contribution in [2.24, 2.45) is 0 Å². The third kappa shape index (κ3) is 11.5. The van der Waals surface area contributed by atoms with Gasteiger partial charge in [0.15, 0.2) is 0 Å². The molecule has 14 rings (SSSR count). The Morgan fingerprint density at radius 2 is 0.591 bits per heavy atom. The minimum Gasteiger partial charge on any atom is -0.394 e. The predicted octanol–water partition coefficient (Wildman–Crippen LogP) is 15.0. The molecule has 1 aromatic heterocycles. The second-order valence-electron chi connectivity index (χ2n) is 24.4. The van der Waals surface area contributed by atoms with E-state index in [2.05, 4.69) is 253 Å².